The van der Waals surface area contributed by atoms with E-state index in [2.05, 4.69) is 42.8 Å². The molecule has 0 unspecified atom stereocenters. The molecule has 1 heterocycles. The number of nitrogens with zero attached hydrogens (tertiary/aromatic N) is 3. The van der Waals surface area contributed by atoms with Crippen LogP contribution in [0.5, 0.6) is 5.75 Å². The van der Waals surface area contributed by atoms with Crippen LogP contribution in [0.1, 0.15) is 36.8 Å². The lowest BCUT2D eigenvalue weighted by Crippen LogP contribution is -2.35. The molecule has 39 heavy (non-hydrogen) atoms. The molecule has 4 rings (SSSR count). The van der Waals surface area contributed by atoms with Gasteiger partial charge in [-0.3, -0.25) is 10.1 Å². The molecular formula is C27H31F3N6O3. The minimum Gasteiger partial charge on any atom is -0.405 e. The highest BCUT2D eigenvalue weighted by atomic mass is 19.4. The van der Waals surface area contributed by atoms with Crippen molar-refractivity contribution in [2.45, 2.75) is 51.1 Å². The van der Waals surface area contributed by atoms with Crippen molar-refractivity contribution < 1.29 is 22.8 Å². The highest BCUT2D eigenvalue weighted by molar-refractivity contribution is 5.57. The van der Waals surface area contributed by atoms with Crippen molar-refractivity contribution in [1.82, 2.24) is 15.3 Å². The highest BCUT2D eigenvalue weighted by Crippen LogP contribution is 2.29. The summed E-state index contributed by atoms with van der Waals surface area (Å²) in [5, 5.41) is 21.1. The Morgan fingerprint density at radius 3 is 2.44 bits per heavy atom. The van der Waals surface area contributed by atoms with Gasteiger partial charge in [0.1, 0.15) is 11.9 Å². The summed E-state index contributed by atoms with van der Waals surface area (Å²) in [4.78, 5) is 19.1. The fraction of sp³-hybridized carbons (Fsp3) is 0.407. The van der Waals surface area contributed by atoms with Crippen LogP contribution in [-0.4, -0.2) is 40.4 Å². The van der Waals surface area contributed by atoms with Crippen LogP contribution in [0.25, 0.3) is 0 Å². The number of para-hydroxylation sites is 1. The summed E-state index contributed by atoms with van der Waals surface area (Å²) < 4.78 is 42.1. The molecule has 0 amide bonds. The highest BCUT2D eigenvalue weighted by Gasteiger charge is 2.32. The van der Waals surface area contributed by atoms with Crippen molar-refractivity contribution >= 4 is 17.5 Å². The SMILES string of the molecule is O=[N+]([O-])c1cnc(NCc2ccccc2OC(F)(F)F)nc1NCC1CCC(NCCc2ccccc2)CC1. The molecular weight excluding hydrogens is 513 g/mol. The largest absolute Gasteiger partial charge is 0.573 e. The van der Waals surface area contributed by atoms with Crippen LogP contribution in [-0.2, 0) is 13.0 Å². The second kappa shape index (κ2) is 13.2. The van der Waals surface area contributed by atoms with E-state index < -0.39 is 11.3 Å². The van der Waals surface area contributed by atoms with E-state index in [0.29, 0.717) is 18.5 Å². The number of aromatic nitrogens is 2. The van der Waals surface area contributed by atoms with E-state index in [1.807, 2.05) is 18.2 Å². The number of benzene rings is 2. The van der Waals surface area contributed by atoms with Crippen LogP contribution in [0.4, 0.5) is 30.6 Å². The molecule has 208 valence electrons. The molecule has 1 aromatic heterocycles. The van der Waals surface area contributed by atoms with Crippen LogP contribution in [0.3, 0.4) is 0 Å². The summed E-state index contributed by atoms with van der Waals surface area (Å²) in [6, 6.07) is 16.5. The van der Waals surface area contributed by atoms with Gasteiger partial charge in [0.25, 0.3) is 0 Å². The number of halogens is 3. The van der Waals surface area contributed by atoms with E-state index in [1.165, 1.54) is 23.8 Å². The fourth-order valence-corrected chi connectivity index (χ4v) is 4.65. The Balaban J connectivity index is 1.28. The van der Waals surface area contributed by atoms with Crippen molar-refractivity contribution in [2.24, 2.45) is 5.92 Å². The van der Waals surface area contributed by atoms with Crippen LogP contribution < -0.4 is 20.7 Å². The van der Waals surface area contributed by atoms with Gasteiger partial charge >= 0.3 is 12.0 Å². The van der Waals surface area contributed by atoms with Gasteiger partial charge in [-0.1, -0.05) is 48.5 Å². The standard InChI is InChI=1S/C27H31F3N6O3/c28-27(29,30)39-24-9-5-4-8-21(24)17-33-26-34-18-23(36(37)38)25(35-26)32-16-20-10-12-22(13-11-20)31-15-14-19-6-2-1-3-7-19/h1-9,18,20,22,31H,10-17H2,(H2,32,33,34,35). The molecule has 0 spiro atoms. The van der Waals surface area contributed by atoms with Gasteiger partial charge in [0, 0.05) is 24.7 Å². The maximum Gasteiger partial charge on any atom is 0.573 e. The zero-order valence-corrected chi connectivity index (χ0v) is 21.3. The van der Waals surface area contributed by atoms with Crippen LogP contribution in [0, 0.1) is 16.0 Å². The third kappa shape index (κ3) is 8.81. The second-order valence-corrected chi connectivity index (χ2v) is 9.48. The molecule has 1 saturated carbocycles. The molecule has 0 radical (unpaired) electrons. The normalized spacial score (nSPS) is 17.4. The number of hydrogen-bond acceptors (Lipinski definition) is 8. The number of ether oxygens (including phenoxy) is 1. The Bertz CT molecular complexity index is 1220. The molecule has 2 aromatic carbocycles. The Labute approximate surface area is 224 Å². The second-order valence-electron chi connectivity index (χ2n) is 9.48. The smallest absolute Gasteiger partial charge is 0.405 e. The summed E-state index contributed by atoms with van der Waals surface area (Å²) in [6.07, 6.45) is 1.26. The minimum absolute atomic E-state index is 0.0521. The predicted octanol–water partition coefficient (Wildman–Crippen LogP) is 5.70. The molecule has 0 bridgehead atoms. The molecule has 3 N–H and O–H groups in total. The Morgan fingerprint density at radius 1 is 1.00 bits per heavy atom. The number of hydrogen-bond donors (Lipinski definition) is 3. The number of nitro groups is 1. The molecule has 12 heteroatoms. The molecule has 3 aromatic rings. The van der Waals surface area contributed by atoms with E-state index in [1.54, 1.807) is 6.07 Å². The summed E-state index contributed by atoms with van der Waals surface area (Å²) in [5.74, 6) is 0.120. The first kappa shape index (κ1) is 28.1. The lowest BCUT2D eigenvalue weighted by atomic mass is 9.86. The first-order chi connectivity index (χ1) is 18.8. The third-order valence-electron chi connectivity index (χ3n) is 6.70. The van der Waals surface area contributed by atoms with E-state index in [0.717, 1.165) is 44.8 Å². The maximum absolute atomic E-state index is 12.7. The molecule has 9 nitrogen and oxygen atoms in total. The number of nitrogens with one attached hydrogen (secondary N) is 3. The summed E-state index contributed by atoms with van der Waals surface area (Å²) in [7, 11) is 0. The quantitative estimate of drug-likeness (QED) is 0.197. The Hall–Kier alpha value is -3.93. The van der Waals surface area contributed by atoms with Crippen LogP contribution in [0.15, 0.2) is 60.8 Å². The maximum atomic E-state index is 12.7. The molecule has 0 aliphatic heterocycles. The van der Waals surface area contributed by atoms with Crippen molar-refractivity contribution in [3.63, 3.8) is 0 Å². The van der Waals surface area contributed by atoms with Gasteiger partial charge in [-0.05, 0) is 56.2 Å². The van der Waals surface area contributed by atoms with E-state index in [-0.39, 0.29) is 35.3 Å². The zero-order chi connectivity index (χ0) is 27.7. The van der Waals surface area contributed by atoms with Gasteiger partial charge in [-0.25, -0.2) is 4.98 Å². The lowest BCUT2D eigenvalue weighted by molar-refractivity contribution is -0.384. The molecule has 0 atom stereocenters. The lowest BCUT2D eigenvalue weighted by Gasteiger charge is -2.29. The van der Waals surface area contributed by atoms with E-state index in [4.69, 9.17) is 0 Å². The van der Waals surface area contributed by atoms with E-state index in [9.17, 15) is 23.3 Å². The van der Waals surface area contributed by atoms with Crippen molar-refractivity contribution in [2.75, 3.05) is 23.7 Å². The first-order valence-corrected chi connectivity index (χ1v) is 12.9. The molecule has 1 aliphatic carbocycles. The van der Waals surface area contributed by atoms with Crippen LogP contribution in [0.2, 0.25) is 0 Å². The average molecular weight is 545 g/mol. The molecule has 1 aliphatic rings. The number of anilines is 2. The Kier molecular flexibility index (Phi) is 9.53. The van der Waals surface area contributed by atoms with Gasteiger partial charge in [0.2, 0.25) is 11.8 Å². The van der Waals surface area contributed by atoms with E-state index >= 15 is 0 Å². The summed E-state index contributed by atoms with van der Waals surface area (Å²) >= 11 is 0. The zero-order valence-electron chi connectivity index (χ0n) is 21.3. The summed E-state index contributed by atoms with van der Waals surface area (Å²) in [5.41, 5.74) is 1.28. The van der Waals surface area contributed by atoms with Gasteiger partial charge < -0.3 is 20.7 Å². The first-order valence-electron chi connectivity index (χ1n) is 12.9. The predicted molar refractivity (Wildman–Crippen MR) is 142 cm³/mol. The molecule has 0 saturated heterocycles. The topological polar surface area (TPSA) is 114 Å². The minimum atomic E-state index is -4.82. The van der Waals surface area contributed by atoms with Crippen LogP contribution >= 0.6 is 0 Å². The van der Waals surface area contributed by atoms with Gasteiger partial charge in [-0.2, -0.15) is 4.98 Å². The van der Waals surface area contributed by atoms with Gasteiger partial charge in [-0.15, -0.1) is 13.2 Å². The molecule has 1 fully saturated rings. The number of rotatable bonds is 12. The summed E-state index contributed by atoms with van der Waals surface area (Å²) in [6.45, 7) is 1.38. The van der Waals surface area contributed by atoms with Crippen molar-refractivity contribution in [1.29, 1.82) is 0 Å². The monoisotopic (exact) mass is 544 g/mol. The average Bonchev–Trinajstić information content (AvgIpc) is 2.92. The van der Waals surface area contributed by atoms with Crippen molar-refractivity contribution in [3.8, 4) is 5.75 Å². The van der Waals surface area contributed by atoms with Gasteiger partial charge in [0.05, 0.1) is 4.92 Å². The van der Waals surface area contributed by atoms with Gasteiger partial charge in [0.15, 0.2) is 0 Å². The van der Waals surface area contributed by atoms with Crippen molar-refractivity contribution in [3.05, 3.63) is 82.0 Å². The number of alkyl halides is 3. The third-order valence-corrected chi connectivity index (χ3v) is 6.70. The fourth-order valence-electron chi connectivity index (χ4n) is 4.65. The Morgan fingerprint density at radius 2 is 1.72 bits per heavy atom.